The Morgan fingerprint density at radius 2 is 1.37 bits per heavy atom. The monoisotopic (exact) mass is 306 g/mol. The van der Waals surface area contributed by atoms with Gasteiger partial charge in [-0.2, -0.15) is 8.42 Å². The fourth-order valence-corrected chi connectivity index (χ4v) is 2.06. The Morgan fingerprint density at radius 1 is 0.947 bits per heavy atom. The number of hydrogen-bond acceptors (Lipinski definition) is 4. The smallest absolute Gasteiger partial charge is 0.325 e. The Kier molecular flexibility index (Phi) is 14.8. The largest absolute Gasteiger partial charge is 0.448 e. The maximum absolute atomic E-state index is 10.9. The summed E-state index contributed by atoms with van der Waals surface area (Å²) >= 11 is 0. The zero-order valence-corrected chi connectivity index (χ0v) is 11.9. The first-order chi connectivity index (χ1) is 8.45. The molecule has 1 N–H and O–H groups in total. The summed E-state index contributed by atoms with van der Waals surface area (Å²) in [5.74, 6) is -0.888. The van der Waals surface area contributed by atoms with Gasteiger partial charge in [-0.15, -0.1) is 0 Å². The van der Waals surface area contributed by atoms with Crippen LogP contribution in [0.25, 0.3) is 0 Å². The Labute approximate surface area is 132 Å². The number of rotatable bonds is 11. The fraction of sp³-hybridized carbons (Fsp3) is 0.917. The first-order valence-electron chi connectivity index (χ1n) is 6.65. The molecule has 0 atom stereocenters. The van der Waals surface area contributed by atoms with E-state index in [0.29, 0.717) is 6.42 Å². The minimum absolute atomic E-state index is 0. The molecule has 0 heterocycles. The normalized spacial score (nSPS) is 10.8. The lowest BCUT2D eigenvalue weighted by Crippen LogP contribution is -2.11. The van der Waals surface area contributed by atoms with Crippen molar-refractivity contribution in [1.82, 2.24) is 0 Å². The minimum Gasteiger partial charge on any atom is -0.325 e. The molecule has 0 radical (unpaired) electrons. The van der Waals surface area contributed by atoms with Gasteiger partial charge in [0.1, 0.15) is 0 Å². The standard InChI is InChI=1S/C12H24O5S.Mg.2H/c1-2-3-4-5-6-7-8-9-10-11-12(13)17-18(14,15)16;;;/h2-11H2,1H3,(H,14,15,16);;;. The summed E-state index contributed by atoms with van der Waals surface area (Å²) in [6, 6.07) is 0. The predicted molar refractivity (Wildman–Crippen MR) is 78.0 cm³/mol. The molecule has 7 heteroatoms. The van der Waals surface area contributed by atoms with Gasteiger partial charge in [0, 0.05) is 6.42 Å². The van der Waals surface area contributed by atoms with Crippen LogP contribution in [0.1, 0.15) is 71.1 Å². The van der Waals surface area contributed by atoms with Gasteiger partial charge in [0.15, 0.2) is 0 Å². The Morgan fingerprint density at radius 3 is 1.79 bits per heavy atom. The molecule has 0 spiro atoms. The summed E-state index contributed by atoms with van der Waals surface area (Å²) in [4.78, 5) is 10.9. The predicted octanol–water partition coefficient (Wildman–Crippen LogP) is 2.34. The summed E-state index contributed by atoms with van der Waals surface area (Å²) in [6.45, 7) is 2.19. The van der Waals surface area contributed by atoms with Crippen molar-refractivity contribution in [2.75, 3.05) is 0 Å². The van der Waals surface area contributed by atoms with E-state index in [4.69, 9.17) is 4.55 Å². The van der Waals surface area contributed by atoms with Crippen LogP contribution in [-0.4, -0.2) is 42.0 Å². The van der Waals surface area contributed by atoms with Crippen LogP contribution in [0.3, 0.4) is 0 Å². The van der Waals surface area contributed by atoms with E-state index >= 15 is 0 Å². The second-order valence-electron chi connectivity index (χ2n) is 4.46. The molecular weight excluding hydrogens is 280 g/mol. The molecule has 19 heavy (non-hydrogen) atoms. The number of hydrogen-bond donors (Lipinski definition) is 1. The zero-order valence-electron chi connectivity index (χ0n) is 11.1. The van der Waals surface area contributed by atoms with E-state index in [0.717, 1.165) is 19.3 Å². The van der Waals surface area contributed by atoms with Gasteiger partial charge >= 0.3 is 39.4 Å². The Balaban J connectivity index is 0. The van der Waals surface area contributed by atoms with E-state index < -0.39 is 16.4 Å². The molecule has 0 aromatic carbocycles. The minimum atomic E-state index is -4.63. The molecule has 0 unspecified atom stereocenters. The number of carbonyl (C=O) groups excluding carboxylic acids is 1. The zero-order chi connectivity index (χ0) is 13.9. The maximum atomic E-state index is 10.9. The quantitative estimate of drug-likeness (QED) is 0.360. The van der Waals surface area contributed by atoms with Gasteiger partial charge in [-0.25, -0.2) is 0 Å². The van der Waals surface area contributed by atoms with Crippen LogP contribution in [0.4, 0.5) is 0 Å². The van der Waals surface area contributed by atoms with Gasteiger partial charge < -0.3 is 4.18 Å². The SMILES string of the molecule is CCCCCCCCCCCC(=O)OS(=O)(=O)O.[MgH2]. The van der Waals surface area contributed by atoms with Gasteiger partial charge in [-0.05, 0) is 6.42 Å². The molecule has 0 aliphatic rings. The summed E-state index contributed by atoms with van der Waals surface area (Å²) in [7, 11) is -4.63. The van der Waals surface area contributed by atoms with Crippen molar-refractivity contribution in [3.8, 4) is 0 Å². The molecule has 0 amide bonds. The van der Waals surface area contributed by atoms with Gasteiger partial charge in [0.25, 0.3) is 0 Å². The van der Waals surface area contributed by atoms with Crippen LogP contribution >= 0.6 is 0 Å². The van der Waals surface area contributed by atoms with Gasteiger partial charge in [0.2, 0.25) is 0 Å². The molecule has 0 rings (SSSR count). The number of unbranched alkanes of at least 4 members (excludes halogenated alkanes) is 8. The maximum Gasteiger partial charge on any atom is 0.448 e. The van der Waals surface area contributed by atoms with Gasteiger partial charge in [-0.1, -0.05) is 58.3 Å². The molecule has 0 aliphatic heterocycles. The lowest BCUT2D eigenvalue weighted by molar-refractivity contribution is -0.134. The molecule has 0 saturated carbocycles. The average Bonchev–Trinajstić information content (AvgIpc) is 2.24. The topological polar surface area (TPSA) is 80.7 Å². The van der Waals surface area contributed by atoms with E-state index in [-0.39, 0.29) is 29.5 Å². The molecular formula is C12H26MgO5S. The average molecular weight is 307 g/mol. The summed E-state index contributed by atoms with van der Waals surface area (Å²) in [6.07, 6.45) is 10.0. The van der Waals surface area contributed by atoms with E-state index in [2.05, 4.69) is 11.1 Å². The molecule has 0 aromatic rings. The second kappa shape index (κ2) is 13.1. The third kappa shape index (κ3) is 18.1. The first kappa shape index (κ1) is 21.4. The van der Waals surface area contributed by atoms with E-state index in [1.54, 1.807) is 0 Å². The van der Waals surface area contributed by atoms with Crippen molar-refractivity contribution in [2.24, 2.45) is 0 Å². The molecule has 112 valence electrons. The highest BCUT2D eigenvalue weighted by Crippen LogP contribution is 2.10. The first-order valence-corrected chi connectivity index (χ1v) is 8.02. The highest BCUT2D eigenvalue weighted by Gasteiger charge is 2.12. The van der Waals surface area contributed by atoms with Crippen LogP contribution in [-0.2, 0) is 19.4 Å². The lowest BCUT2D eigenvalue weighted by atomic mass is 10.1. The Bertz CT molecular complexity index is 316. The van der Waals surface area contributed by atoms with E-state index in [1.807, 2.05) is 0 Å². The molecule has 0 fully saturated rings. The van der Waals surface area contributed by atoms with Crippen LogP contribution in [0.5, 0.6) is 0 Å². The Hall–Kier alpha value is 0.146. The molecule has 0 saturated heterocycles. The van der Waals surface area contributed by atoms with Crippen LogP contribution < -0.4 is 0 Å². The summed E-state index contributed by atoms with van der Waals surface area (Å²) < 4.78 is 32.5. The third-order valence-electron chi connectivity index (χ3n) is 2.68. The van der Waals surface area contributed by atoms with Crippen molar-refractivity contribution in [3.05, 3.63) is 0 Å². The highest BCUT2D eigenvalue weighted by molar-refractivity contribution is 7.81. The van der Waals surface area contributed by atoms with Crippen molar-refractivity contribution < 1.29 is 21.9 Å². The van der Waals surface area contributed by atoms with Crippen molar-refractivity contribution in [3.63, 3.8) is 0 Å². The van der Waals surface area contributed by atoms with Crippen molar-refractivity contribution in [1.29, 1.82) is 0 Å². The highest BCUT2D eigenvalue weighted by atomic mass is 32.3. The van der Waals surface area contributed by atoms with Crippen molar-refractivity contribution >= 4 is 39.4 Å². The summed E-state index contributed by atoms with van der Waals surface area (Å²) in [5.41, 5.74) is 0. The van der Waals surface area contributed by atoms with Crippen molar-refractivity contribution in [2.45, 2.75) is 71.1 Å². The third-order valence-corrected chi connectivity index (χ3v) is 3.08. The molecule has 0 bridgehead atoms. The number of carbonyl (C=O) groups is 1. The summed E-state index contributed by atoms with van der Waals surface area (Å²) in [5, 5.41) is 0. The van der Waals surface area contributed by atoms with Crippen LogP contribution in [0.15, 0.2) is 0 Å². The van der Waals surface area contributed by atoms with Crippen LogP contribution in [0.2, 0.25) is 0 Å². The van der Waals surface area contributed by atoms with Gasteiger partial charge in [0.05, 0.1) is 0 Å². The van der Waals surface area contributed by atoms with Crippen LogP contribution in [0, 0.1) is 0 Å². The second-order valence-corrected chi connectivity index (χ2v) is 5.48. The fourth-order valence-electron chi connectivity index (χ4n) is 1.74. The van der Waals surface area contributed by atoms with E-state index in [1.165, 1.54) is 32.1 Å². The van der Waals surface area contributed by atoms with Gasteiger partial charge in [-0.3, -0.25) is 9.35 Å². The lowest BCUT2D eigenvalue weighted by Gasteiger charge is -2.02. The molecule has 0 aliphatic carbocycles. The molecule has 0 aromatic heterocycles. The molecule has 5 nitrogen and oxygen atoms in total. The van der Waals surface area contributed by atoms with E-state index in [9.17, 15) is 13.2 Å².